The number of carbonyl (C=O) groups is 1. The third-order valence-electron chi connectivity index (χ3n) is 3.54. The number of thiazole rings is 1. The summed E-state index contributed by atoms with van der Waals surface area (Å²) in [7, 11) is 5.86. The lowest BCUT2D eigenvalue weighted by atomic mass is 10.1. The van der Waals surface area contributed by atoms with E-state index in [0.29, 0.717) is 11.4 Å². The largest absolute Gasteiger partial charge is 0.344 e. The van der Waals surface area contributed by atoms with Crippen molar-refractivity contribution in [2.45, 2.75) is 13.3 Å². The second-order valence-electron chi connectivity index (χ2n) is 5.81. The van der Waals surface area contributed by atoms with Gasteiger partial charge in [0.2, 0.25) is 5.91 Å². The summed E-state index contributed by atoms with van der Waals surface area (Å²) in [4.78, 5) is 21.9. The second-order valence-corrected chi connectivity index (χ2v) is 7.53. The van der Waals surface area contributed by atoms with E-state index < -0.39 is 0 Å². The molecule has 1 amide bonds. The summed E-state index contributed by atoms with van der Waals surface area (Å²) in [6.07, 6.45) is 0.382. The quantitative estimate of drug-likeness (QED) is 0.801. The number of amides is 1. The van der Waals surface area contributed by atoms with Crippen LogP contribution in [0.25, 0.3) is 11.3 Å². The molecule has 0 saturated heterocycles. The lowest BCUT2D eigenvalue weighted by Gasteiger charge is -2.19. The van der Waals surface area contributed by atoms with Crippen LogP contribution < -0.4 is 0 Å². The molecule has 23 heavy (non-hydrogen) atoms. The highest BCUT2D eigenvalue weighted by molar-refractivity contribution is 7.12. The average Bonchev–Trinajstić information content (AvgIpc) is 2.86. The van der Waals surface area contributed by atoms with Gasteiger partial charge in [0.15, 0.2) is 0 Å². The van der Waals surface area contributed by atoms with Gasteiger partial charge in [0, 0.05) is 35.6 Å². The molecule has 0 bridgehead atoms. The van der Waals surface area contributed by atoms with Crippen LogP contribution in [0.5, 0.6) is 0 Å². The van der Waals surface area contributed by atoms with Gasteiger partial charge in [0.25, 0.3) is 0 Å². The Morgan fingerprint density at radius 3 is 2.43 bits per heavy atom. The highest BCUT2D eigenvalue weighted by Crippen LogP contribution is 2.29. The number of aryl methyl sites for hydroxylation is 1. The highest BCUT2D eigenvalue weighted by Gasteiger charge is 2.17. The molecule has 0 atom stereocenters. The zero-order valence-electron chi connectivity index (χ0n) is 14.0. The summed E-state index contributed by atoms with van der Waals surface area (Å²) in [5, 5.41) is 1.66. The zero-order chi connectivity index (χ0) is 17.0. The lowest BCUT2D eigenvalue weighted by Crippen LogP contribution is -2.34. The van der Waals surface area contributed by atoms with Crippen molar-refractivity contribution in [1.29, 1.82) is 0 Å². The maximum absolute atomic E-state index is 12.4. The van der Waals surface area contributed by atoms with Gasteiger partial charge < -0.3 is 9.80 Å². The molecule has 0 radical (unpaired) electrons. The van der Waals surface area contributed by atoms with Crippen LogP contribution in [0.15, 0.2) is 24.3 Å². The molecule has 1 heterocycles. The van der Waals surface area contributed by atoms with E-state index >= 15 is 0 Å². The molecule has 0 spiro atoms. The molecule has 124 valence electrons. The van der Waals surface area contributed by atoms with Gasteiger partial charge in [-0.3, -0.25) is 4.79 Å². The SMILES string of the molecule is Cc1nc(-c2ccc(Cl)cc2)c(CC(=O)N(C)CCN(C)C)s1. The fourth-order valence-electron chi connectivity index (χ4n) is 2.17. The Morgan fingerprint density at radius 1 is 1.17 bits per heavy atom. The van der Waals surface area contributed by atoms with Crippen molar-refractivity contribution in [3.05, 3.63) is 39.2 Å². The van der Waals surface area contributed by atoms with Gasteiger partial charge >= 0.3 is 0 Å². The Labute approximate surface area is 146 Å². The predicted octanol–water partition coefficient (Wildman–Crippen LogP) is 3.33. The first kappa shape index (κ1) is 17.9. The van der Waals surface area contributed by atoms with Gasteiger partial charge in [-0.1, -0.05) is 23.7 Å². The molecule has 4 nitrogen and oxygen atoms in total. The molecule has 0 unspecified atom stereocenters. The van der Waals surface area contributed by atoms with Crippen molar-refractivity contribution in [3.8, 4) is 11.3 Å². The summed E-state index contributed by atoms with van der Waals surface area (Å²) >= 11 is 7.53. The van der Waals surface area contributed by atoms with E-state index in [4.69, 9.17) is 11.6 Å². The molecule has 0 aliphatic rings. The minimum absolute atomic E-state index is 0.116. The van der Waals surface area contributed by atoms with Crippen molar-refractivity contribution in [3.63, 3.8) is 0 Å². The molecule has 0 aliphatic heterocycles. The summed E-state index contributed by atoms with van der Waals surface area (Å²) in [6, 6.07) is 7.59. The summed E-state index contributed by atoms with van der Waals surface area (Å²) in [5.41, 5.74) is 1.89. The van der Waals surface area contributed by atoms with Gasteiger partial charge in [-0.05, 0) is 33.2 Å². The van der Waals surface area contributed by atoms with Crippen molar-refractivity contribution in [2.75, 3.05) is 34.2 Å². The van der Waals surface area contributed by atoms with E-state index in [9.17, 15) is 4.79 Å². The normalized spacial score (nSPS) is 11.0. The van der Waals surface area contributed by atoms with Crippen LogP contribution in [-0.2, 0) is 11.2 Å². The average molecular weight is 352 g/mol. The van der Waals surface area contributed by atoms with Gasteiger partial charge in [0.1, 0.15) is 0 Å². The monoisotopic (exact) mass is 351 g/mol. The standard InChI is InChI=1S/C17H22ClN3OS/c1-12-19-17(13-5-7-14(18)8-6-13)15(23-12)11-16(22)21(4)10-9-20(2)3/h5-8H,9-11H2,1-4H3. The van der Waals surface area contributed by atoms with E-state index in [1.165, 1.54) is 0 Å². The van der Waals surface area contributed by atoms with E-state index in [-0.39, 0.29) is 5.91 Å². The molecule has 2 rings (SSSR count). The third-order valence-corrected chi connectivity index (χ3v) is 4.76. The van der Waals surface area contributed by atoms with Crippen LogP contribution in [0.2, 0.25) is 5.02 Å². The first-order valence-electron chi connectivity index (χ1n) is 7.47. The molecule has 0 fully saturated rings. The highest BCUT2D eigenvalue weighted by atomic mass is 35.5. The number of hydrogen-bond acceptors (Lipinski definition) is 4. The van der Waals surface area contributed by atoms with Crippen LogP contribution in [0.4, 0.5) is 0 Å². The lowest BCUT2D eigenvalue weighted by molar-refractivity contribution is -0.129. The van der Waals surface area contributed by atoms with Crippen LogP contribution in [0, 0.1) is 6.92 Å². The number of rotatable bonds is 6. The molecule has 1 aromatic carbocycles. The number of benzene rings is 1. The Bertz CT molecular complexity index is 667. The Kier molecular flexibility index (Phi) is 6.16. The topological polar surface area (TPSA) is 36.4 Å². The minimum atomic E-state index is 0.116. The van der Waals surface area contributed by atoms with Crippen molar-refractivity contribution < 1.29 is 4.79 Å². The number of hydrogen-bond donors (Lipinski definition) is 0. The van der Waals surface area contributed by atoms with Gasteiger partial charge in [-0.15, -0.1) is 11.3 Å². The minimum Gasteiger partial charge on any atom is -0.344 e. The molecule has 0 N–H and O–H groups in total. The zero-order valence-corrected chi connectivity index (χ0v) is 15.5. The van der Waals surface area contributed by atoms with Crippen molar-refractivity contribution in [1.82, 2.24) is 14.8 Å². The summed E-state index contributed by atoms with van der Waals surface area (Å²) < 4.78 is 0. The van der Waals surface area contributed by atoms with Gasteiger partial charge in [-0.2, -0.15) is 0 Å². The number of nitrogens with zero attached hydrogens (tertiary/aromatic N) is 3. The maximum atomic E-state index is 12.4. The van der Waals surface area contributed by atoms with Crippen molar-refractivity contribution >= 4 is 28.8 Å². The smallest absolute Gasteiger partial charge is 0.227 e. The third kappa shape index (κ3) is 5.03. The van der Waals surface area contributed by atoms with E-state index in [2.05, 4.69) is 9.88 Å². The fourth-order valence-corrected chi connectivity index (χ4v) is 3.24. The van der Waals surface area contributed by atoms with Gasteiger partial charge in [-0.25, -0.2) is 4.98 Å². The summed E-state index contributed by atoms with van der Waals surface area (Å²) in [5.74, 6) is 0.116. The maximum Gasteiger partial charge on any atom is 0.227 e. The van der Waals surface area contributed by atoms with E-state index in [1.807, 2.05) is 52.3 Å². The number of carbonyl (C=O) groups excluding carboxylic acids is 1. The molecule has 1 aromatic heterocycles. The number of halogens is 1. The molecular formula is C17H22ClN3OS. The molecule has 2 aromatic rings. The molecular weight excluding hydrogens is 330 g/mol. The van der Waals surface area contributed by atoms with Crippen LogP contribution in [-0.4, -0.2) is 54.9 Å². The number of likely N-dealkylation sites (N-methyl/N-ethyl adjacent to an activating group) is 2. The molecule has 6 heteroatoms. The molecule has 0 saturated carbocycles. The predicted molar refractivity (Wildman–Crippen MR) is 97.2 cm³/mol. The van der Waals surface area contributed by atoms with E-state index in [0.717, 1.165) is 34.2 Å². The second kappa shape index (κ2) is 7.90. The van der Waals surface area contributed by atoms with Crippen LogP contribution >= 0.6 is 22.9 Å². The van der Waals surface area contributed by atoms with Gasteiger partial charge in [0.05, 0.1) is 17.1 Å². The van der Waals surface area contributed by atoms with Crippen molar-refractivity contribution in [2.24, 2.45) is 0 Å². The van der Waals surface area contributed by atoms with E-state index in [1.54, 1.807) is 16.2 Å². The summed E-state index contributed by atoms with van der Waals surface area (Å²) in [6.45, 7) is 3.54. The first-order valence-corrected chi connectivity index (χ1v) is 8.67. The Morgan fingerprint density at radius 2 is 1.83 bits per heavy atom. The first-order chi connectivity index (χ1) is 10.9. The molecule has 0 aliphatic carbocycles. The Balaban J connectivity index is 2.14. The number of aromatic nitrogens is 1. The van der Waals surface area contributed by atoms with Crippen LogP contribution in [0.3, 0.4) is 0 Å². The van der Waals surface area contributed by atoms with Crippen LogP contribution in [0.1, 0.15) is 9.88 Å². The Hall–Kier alpha value is -1.43. The fraction of sp³-hybridized carbons (Fsp3) is 0.412.